The monoisotopic (exact) mass is 452 g/mol. The van der Waals surface area contributed by atoms with Crippen LogP contribution in [0.4, 0.5) is 0 Å². The molecule has 1 N–H and O–H groups in total. The van der Waals surface area contributed by atoms with Crippen LogP contribution in [0, 0.1) is 5.41 Å². The highest BCUT2D eigenvalue weighted by Gasteiger charge is 2.33. The minimum Gasteiger partial charge on any atom is -0.438 e. The predicted molar refractivity (Wildman–Crippen MR) is 131 cm³/mol. The lowest BCUT2D eigenvalue weighted by Gasteiger charge is -2.30. The molecule has 3 heterocycles. The highest BCUT2D eigenvalue weighted by molar-refractivity contribution is 5.90. The summed E-state index contributed by atoms with van der Waals surface area (Å²) >= 11 is 0. The third-order valence-corrected chi connectivity index (χ3v) is 6.91. The van der Waals surface area contributed by atoms with Gasteiger partial charge in [0.2, 0.25) is 5.88 Å². The molecular weight excluding hydrogens is 424 g/mol. The Balaban J connectivity index is 1.42. The van der Waals surface area contributed by atoms with Gasteiger partial charge < -0.3 is 14.0 Å². The van der Waals surface area contributed by atoms with Crippen LogP contribution in [0.25, 0.3) is 10.8 Å². The number of aromatic nitrogens is 2. The Morgan fingerprint density at radius 2 is 1.68 bits per heavy atom. The minimum atomic E-state index is -0.113. The van der Waals surface area contributed by atoms with Gasteiger partial charge in [-0.1, -0.05) is 60.7 Å². The van der Waals surface area contributed by atoms with Crippen LogP contribution in [-0.4, -0.2) is 47.3 Å². The first-order valence-electron chi connectivity index (χ1n) is 12.0. The van der Waals surface area contributed by atoms with Gasteiger partial charge in [0.1, 0.15) is 17.6 Å². The first-order valence-corrected chi connectivity index (χ1v) is 12.0. The molecule has 172 valence electrons. The molecular formula is C28H28N4O2. The fourth-order valence-electron chi connectivity index (χ4n) is 5.20. The molecule has 1 unspecified atom stereocenters. The average Bonchev–Trinajstić information content (AvgIpc) is 2.90. The molecule has 0 aliphatic carbocycles. The zero-order valence-electron chi connectivity index (χ0n) is 19.1. The van der Waals surface area contributed by atoms with E-state index in [4.69, 9.17) is 9.47 Å². The molecule has 0 radical (unpaired) electrons. The molecule has 6 nitrogen and oxygen atoms in total. The molecule has 1 atom stereocenters. The van der Waals surface area contributed by atoms with E-state index in [1.807, 2.05) is 16.7 Å². The molecule has 0 spiro atoms. The zero-order valence-corrected chi connectivity index (χ0v) is 19.1. The highest BCUT2D eigenvalue weighted by Crippen LogP contribution is 2.47. The van der Waals surface area contributed by atoms with Gasteiger partial charge in [0, 0.05) is 37.7 Å². The molecule has 4 aromatic rings. The maximum Gasteiger partial charge on any atom is 0.228 e. The van der Waals surface area contributed by atoms with E-state index in [-0.39, 0.29) is 5.92 Å². The van der Waals surface area contributed by atoms with E-state index in [1.165, 1.54) is 5.39 Å². The third-order valence-electron chi connectivity index (χ3n) is 6.91. The summed E-state index contributed by atoms with van der Waals surface area (Å²) in [7, 11) is 0. The average molecular weight is 453 g/mol. The van der Waals surface area contributed by atoms with Gasteiger partial charge in [-0.15, -0.1) is 0 Å². The van der Waals surface area contributed by atoms with Gasteiger partial charge in [0.25, 0.3) is 0 Å². The fourth-order valence-corrected chi connectivity index (χ4v) is 5.20. The van der Waals surface area contributed by atoms with Crippen molar-refractivity contribution in [3.8, 4) is 11.6 Å². The number of fused-ring (bicyclic) bond motifs is 4. The van der Waals surface area contributed by atoms with Crippen LogP contribution in [0.2, 0.25) is 0 Å². The van der Waals surface area contributed by atoms with Crippen molar-refractivity contribution in [3.05, 3.63) is 95.2 Å². The third kappa shape index (κ3) is 3.79. The Morgan fingerprint density at radius 3 is 2.53 bits per heavy atom. The predicted octanol–water partition coefficient (Wildman–Crippen LogP) is 4.52. The number of nitrogens with one attached hydrogen (secondary N) is 1. The van der Waals surface area contributed by atoms with Crippen LogP contribution < -0.4 is 10.2 Å². The first-order chi connectivity index (χ1) is 16.8. The quantitative estimate of drug-likeness (QED) is 0.426. The summed E-state index contributed by atoms with van der Waals surface area (Å²) < 4.78 is 13.7. The normalized spacial score (nSPS) is 17.7. The Kier molecular flexibility index (Phi) is 5.61. The summed E-state index contributed by atoms with van der Waals surface area (Å²) in [6, 6.07) is 23.0. The van der Waals surface area contributed by atoms with Gasteiger partial charge in [0.15, 0.2) is 0 Å². The number of rotatable bonds is 5. The van der Waals surface area contributed by atoms with E-state index in [1.54, 1.807) is 6.33 Å². The molecule has 1 aromatic heterocycles. The van der Waals surface area contributed by atoms with E-state index >= 15 is 0 Å². The summed E-state index contributed by atoms with van der Waals surface area (Å²) in [4.78, 5) is 7.12. The van der Waals surface area contributed by atoms with Crippen LogP contribution >= 0.6 is 0 Å². The van der Waals surface area contributed by atoms with E-state index in [0.29, 0.717) is 11.4 Å². The van der Waals surface area contributed by atoms with Crippen molar-refractivity contribution < 1.29 is 9.47 Å². The number of nitrogens with zero attached hydrogens (tertiary/aromatic N) is 3. The number of benzene rings is 3. The number of morpholine rings is 1. The number of aryl methyl sites for hydroxylation is 1. The second-order valence-electron chi connectivity index (χ2n) is 8.96. The first kappa shape index (κ1) is 21.1. The van der Waals surface area contributed by atoms with Crippen LogP contribution in [0.15, 0.2) is 73.1 Å². The number of hydrogen-bond donors (Lipinski definition) is 1. The molecule has 2 aliphatic rings. The van der Waals surface area contributed by atoms with Crippen molar-refractivity contribution in [2.24, 2.45) is 0 Å². The lowest BCUT2D eigenvalue weighted by atomic mass is 9.81. The summed E-state index contributed by atoms with van der Waals surface area (Å²) in [6.45, 7) is 5.32. The Hall–Kier alpha value is -3.48. The van der Waals surface area contributed by atoms with Crippen LogP contribution in [-0.2, 0) is 11.3 Å². The lowest BCUT2D eigenvalue weighted by Crippen LogP contribution is -2.37. The van der Waals surface area contributed by atoms with Crippen molar-refractivity contribution in [1.29, 1.82) is 5.41 Å². The number of hydrogen-bond acceptors (Lipinski definition) is 5. The molecule has 0 bridgehead atoms. The minimum absolute atomic E-state index is 0.113. The van der Waals surface area contributed by atoms with E-state index in [0.717, 1.165) is 73.6 Å². The van der Waals surface area contributed by atoms with Gasteiger partial charge >= 0.3 is 0 Å². The molecule has 2 aliphatic heterocycles. The molecule has 1 saturated heterocycles. The Morgan fingerprint density at radius 1 is 0.882 bits per heavy atom. The largest absolute Gasteiger partial charge is 0.438 e. The molecule has 3 aromatic carbocycles. The maximum atomic E-state index is 9.19. The zero-order chi connectivity index (χ0) is 22.9. The lowest BCUT2D eigenvalue weighted by molar-refractivity contribution is 0.0369. The molecule has 6 heteroatoms. The summed E-state index contributed by atoms with van der Waals surface area (Å²) in [5.74, 6) is 1.24. The molecule has 0 saturated carbocycles. The van der Waals surface area contributed by atoms with Crippen molar-refractivity contribution in [1.82, 2.24) is 14.5 Å². The van der Waals surface area contributed by atoms with Crippen LogP contribution in [0.1, 0.15) is 29.0 Å². The highest BCUT2D eigenvalue weighted by atomic mass is 16.5. The maximum absolute atomic E-state index is 9.19. The second kappa shape index (κ2) is 9.05. The van der Waals surface area contributed by atoms with Gasteiger partial charge in [-0.3, -0.25) is 10.3 Å². The SMILES string of the molecule is N=c1c2c(ncn1CCCN1CCOCC1)Oc1ccc3ccccc3c1C2c1ccccc1. The molecule has 34 heavy (non-hydrogen) atoms. The summed E-state index contributed by atoms with van der Waals surface area (Å²) in [6.07, 6.45) is 2.72. The van der Waals surface area contributed by atoms with Crippen molar-refractivity contribution in [2.75, 3.05) is 32.8 Å². The molecule has 6 rings (SSSR count). The Labute approximate surface area is 198 Å². The second-order valence-corrected chi connectivity index (χ2v) is 8.96. The van der Waals surface area contributed by atoms with Crippen molar-refractivity contribution in [3.63, 3.8) is 0 Å². The van der Waals surface area contributed by atoms with Crippen LogP contribution in [0.5, 0.6) is 11.6 Å². The van der Waals surface area contributed by atoms with Gasteiger partial charge in [-0.2, -0.15) is 0 Å². The smallest absolute Gasteiger partial charge is 0.228 e. The molecule has 1 fully saturated rings. The van der Waals surface area contributed by atoms with E-state index in [9.17, 15) is 5.41 Å². The van der Waals surface area contributed by atoms with Gasteiger partial charge in [-0.25, -0.2) is 4.98 Å². The van der Waals surface area contributed by atoms with Gasteiger partial charge in [0.05, 0.1) is 18.8 Å². The van der Waals surface area contributed by atoms with Crippen LogP contribution in [0.3, 0.4) is 0 Å². The summed E-state index contributed by atoms with van der Waals surface area (Å²) in [5, 5.41) is 11.5. The van der Waals surface area contributed by atoms with Crippen molar-refractivity contribution in [2.45, 2.75) is 18.9 Å². The topological polar surface area (TPSA) is 63.4 Å². The van der Waals surface area contributed by atoms with Gasteiger partial charge in [-0.05, 0) is 28.8 Å². The van der Waals surface area contributed by atoms with E-state index < -0.39 is 0 Å². The standard InChI is InChI=1S/C28H28N4O2/c29-27-26-24(21-8-2-1-3-9-21)25-22-10-5-4-7-20(22)11-12-23(25)34-28(26)30-19-32(27)14-6-13-31-15-17-33-18-16-31/h1-5,7-12,19,24,29H,6,13-18H2. The molecule has 0 amide bonds. The summed E-state index contributed by atoms with van der Waals surface area (Å²) in [5.41, 5.74) is 3.56. The van der Waals surface area contributed by atoms with E-state index in [2.05, 4.69) is 64.5 Å². The fraction of sp³-hybridized carbons (Fsp3) is 0.286. The van der Waals surface area contributed by atoms with Crippen molar-refractivity contribution >= 4 is 10.8 Å². The Bertz CT molecular complexity index is 1380. The number of ether oxygens (including phenoxy) is 2.